The first-order valence-corrected chi connectivity index (χ1v) is 9.97. The van der Waals surface area contributed by atoms with Crippen LogP contribution in [-0.4, -0.2) is 21.6 Å². The number of alkyl halides is 6. The molecule has 2 N–H and O–H groups in total. The van der Waals surface area contributed by atoms with Gasteiger partial charge >= 0.3 is 18.4 Å². The zero-order valence-electron chi connectivity index (χ0n) is 15.5. The number of aromatic nitrogens is 1. The third-order valence-corrected chi connectivity index (χ3v) is 6.03. The third-order valence-electron chi connectivity index (χ3n) is 5.16. The fourth-order valence-electron chi connectivity index (χ4n) is 3.75. The Morgan fingerprint density at radius 2 is 1.69 bits per heavy atom. The Morgan fingerprint density at radius 1 is 1.09 bits per heavy atom. The van der Waals surface area contributed by atoms with Crippen LogP contribution in [-0.2, 0) is 17.1 Å². The molecule has 2 aliphatic heterocycles. The Morgan fingerprint density at radius 3 is 2.25 bits per heavy atom. The molecule has 5 nitrogen and oxygen atoms in total. The monoisotopic (exact) mass is 541 g/mol. The highest BCUT2D eigenvalue weighted by Crippen LogP contribution is 2.50. The van der Waals surface area contributed by atoms with E-state index in [1.165, 1.54) is 24.4 Å². The van der Waals surface area contributed by atoms with Crippen molar-refractivity contribution in [3.63, 3.8) is 0 Å². The zero-order valence-corrected chi connectivity index (χ0v) is 17.9. The Labute approximate surface area is 189 Å². The number of rotatable bonds is 2. The van der Waals surface area contributed by atoms with E-state index >= 15 is 0 Å². The molecule has 0 spiro atoms. The highest BCUT2D eigenvalue weighted by molar-refractivity contribution is 9.10. The van der Waals surface area contributed by atoms with E-state index < -0.39 is 52.9 Å². The second-order valence-corrected chi connectivity index (χ2v) is 8.43. The van der Waals surface area contributed by atoms with E-state index in [0.717, 1.165) is 4.90 Å². The standard InChI is InChI=1S/C19H11BrClF6N3O2/c20-12-7-29-14(21)6-11(12)13-1-2-17(28)15(32-16(31)30(13)17)8-3-9(18(22,23)24)5-10(4-8)19(25,26)27/h1-7,13,15H,28H2/t13-,15+,17-/m0/s1. The summed E-state index contributed by atoms with van der Waals surface area (Å²) in [6, 6.07) is 1.57. The molecule has 0 bridgehead atoms. The van der Waals surface area contributed by atoms with Crippen molar-refractivity contribution >= 4 is 33.6 Å². The van der Waals surface area contributed by atoms with E-state index in [2.05, 4.69) is 20.9 Å². The van der Waals surface area contributed by atoms with E-state index in [0.29, 0.717) is 22.2 Å². The van der Waals surface area contributed by atoms with Crippen molar-refractivity contribution < 1.29 is 35.9 Å². The number of hydrogen-bond donors (Lipinski definition) is 1. The van der Waals surface area contributed by atoms with Crippen molar-refractivity contribution in [2.45, 2.75) is 30.2 Å². The molecule has 32 heavy (non-hydrogen) atoms. The summed E-state index contributed by atoms with van der Waals surface area (Å²) >= 11 is 9.19. The molecule has 0 saturated carbocycles. The molecule has 1 amide bonds. The van der Waals surface area contributed by atoms with Gasteiger partial charge in [-0.15, -0.1) is 0 Å². The summed E-state index contributed by atoms with van der Waals surface area (Å²) in [5.41, 5.74) is 1.32. The van der Waals surface area contributed by atoms with Gasteiger partial charge in [-0.25, -0.2) is 9.78 Å². The van der Waals surface area contributed by atoms with E-state index in [1.54, 1.807) is 0 Å². The van der Waals surface area contributed by atoms with Gasteiger partial charge in [-0.3, -0.25) is 4.90 Å². The fourth-order valence-corrected chi connectivity index (χ4v) is 4.37. The van der Waals surface area contributed by atoms with Crippen LogP contribution in [0.4, 0.5) is 31.1 Å². The van der Waals surface area contributed by atoms with E-state index in [9.17, 15) is 31.1 Å². The van der Waals surface area contributed by atoms with Crippen LogP contribution in [0.5, 0.6) is 0 Å². The van der Waals surface area contributed by atoms with Crippen molar-refractivity contribution in [3.8, 4) is 0 Å². The summed E-state index contributed by atoms with van der Waals surface area (Å²) in [4.78, 5) is 17.6. The van der Waals surface area contributed by atoms with Crippen LogP contribution in [0.15, 0.2) is 47.1 Å². The molecule has 1 fully saturated rings. The van der Waals surface area contributed by atoms with Gasteiger partial charge in [0.2, 0.25) is 0 Å². The van der Waals surface area contributed by atoms with E-state index in [-0.39, 0.29) is 11.2 Å². The minimum absolute atomic E-state index is 0.00932. The number of benzene rings is 1. The van der Waals surface area contributed by atoms with Crippen molar-refractivity contribution in [2.24, 2.45) is 5.73 Å². The third kappa shape index (κ3) is 3.73. The normalized spacial score (nSPS) is 25.3. The molecular weight excluding hydrogens is 532 g/mol. The number of cyclic esters (lactones) is 1. The zero-order chi connectivity index (χ0) is 23.6. The van der Waals surface area contributed by atoms with E-state index in [1.807, 2.05) is 0 Å². The van der Waals surface area contributed by atoms with Crippen molar-refractivity contribution in [3.05, 3.63) is 74.5 Å². The Hall–Kier alpha value is -2.31. The lowest BCUT2D eigenvalue weighted by molar-refractivity contribution is -0.143. The molecule has 2 aromatic rings. The molecule has 2 aliphatic rings. The Bertz CT molecular complexity index is 1110. The predicted octanol–water partition coefficient (Wildman–Crippen LogP) is 5.99. The lowest BCUT2D eigenvalue weighted by Crippen LogP contribution is -2.52. The lowest BCUT2D eigenvalue weighted by Gasteiger charge is -2.32. The number of nitrogens with two attached hydrogens (primary N) is 1. The summed E-state index contributed by atoms with van der Waals surface area (Å²) in [6.45, 7) is 0. The minimum atomic E-state index is -5.06. The fraction of sp³-hybridized carbons (Fsp3) is 0.263. The number of hydrogen-bond acceptors (Lipinski definition) is 4. The number of nitrogens with zero attached hydrogens (tertiary/aromatic N) is 2. The Balaban J connectivity index is 1.80. The first-order chi connectivity index (χ1) is 14.7. The van der Waals surface area contributed by atoms with Gasteiger partial charge < -0.3 is 10.5 Å². The van der Waals surface area contributed by atoms with Gasteiger partial charge in [0.1, 0.15) is 5.15 Å². The number of halogens is 8. The summed E-state index contributed by atoms with van der Waals surface area (Å²) in [6.07, 6.45) is -8.60. The molecule has 1 aromatic carbocycles. The lowest BCUT2D eigenvalue weighted by atomic mass is 9.93. The first-order valence-electron chi connectivity index (χ1n) is 8.80. The number of ether oxygens (including phenoxy) is 1. The number of amides is 1. The smallest absolute Gasteiger partial charge is 0.416 e. The maximum atomic E-state index is 13.3. The molecule has 3 heterocycles. The van der Waals surface area contributed by atoms with Crippen molar-refractivity contribution in [2.75, 3.05) is 0 Å². The highest BCUT2D eigenvalue weighted by atomic mass is 79.9. The van der Waals surface area contributed by atoms with Crippen LogP contribution in [0.2, 0.25) is 5.15 Å². The molecule has 0 unspecified atom stereocenters. The summed E-state index contributed by atoms with van der Waals surface area (Å²) in [5, 5.41) is 0.0999. The number of carbonyl (C=O) groups is 1. The molecular formula is C19H11BrClF6N3O2. The van der Waals surface area contributed by atoms with E-state index in [4.69, 9.17) is 22.1 Å². The van der Waals surface area contributed by atoms with Gasteiger partial charge in [-0.2, -0.15) is 26.3 Å². The maximum Gasteiger partial charge on any atom is 0.416 e. The van der Waals surface area contributed by atoms with Crippen LogP contribution in [0, 0.1) is 0 Å². The number of fused-ring (bicyclic) bond motifs is 1. The average molecular weight is 543 g/mol. The predicted molar refractivity (Wildman–Crippen MR) is 103 cm³/mol. The van der Waals surface area contributed by atoms with Gasteiger partial charge in [0.15, 0.2) is 11.8 Å². The van der Waals surface area contributed by atoms with Crippen molar-refractivity contribution in [1.82, 2.24) is 9.88 Å². The van der Waals surface area contributed by atoms with Crippen LogP contribution in [0.3, 0.4) is 0 Å². The highest BCUT2D eigenvalue weighted by Gasteiger charge is 2.58. The van der Waals surface area contributed by atoms with Gasteiger partial charge in [0.25, 0.3) is 0 Å². The second kappa shape index (κ2) is 7.35. The molecule has 4 rings (SSSR count). The maximum absolute atomic E-state index is 13.3. The molecule has 3 atom stereocenters. The van der Waals surface area contributed by atoms with Gasteiger partial charge in [0.05, 0.1) is 17.2 Å². The van der Waals surface area contributed by atoms with Gasteiger partial charge in [0, 0.05) is 10.7 Å². The first kappa shape index (κ1) is 22.9. The Kier molecular flexibility index (Phi) is 5.26. The summed E-state index contributed by atoms with van der Waals surface area (Å²) in [7, 11) is 0. The van der Waals surface area contributed by atoms with Crippen molar-refractivity contribution in [1.29, 1.82) is 0 Å². The number of carbonyl (C=O) groups excluding carboxylic acids is 1. The quantitative estimate of drug-likeness (QED) is 0.287. The largest absolute Gasteiger partial charge is 0.437 e. The van der Waals surface area contributed by atoms with Gasteiger partial charge in [-0.1, -0.05) is 17.7 Å². The van der Waals surface area contributed by atoms with Crippen LogP contribution >= 0.6 is 27.5 Å². The van der Waals surface area contributed by atoms with Crippen LogP contribution in [0.25, 0.3) is 0 Å². The topological polar surface area (TPSA) is 68.5 Å². The molecule has 0 aliphatic carbocycles. The molecule has 1 aromatic heterocycles. The minimum Gasteiger partial charge on any atom is -0.437 e. The number of pyridine rings is 1. The molecule has 170 valence electrons. The molecule has 0 radical (unpaired) electrons. The SMILES string of the molecule is N[C@@]12C=C[C@@H](c3cc(Cl)ncc3Br)N1C(=O)O[C@@H]2c1cc(C(F)(F)F)cc(C(F)(F)F)c1. The van der Waals surface area contributed by atoms with Gasteiger partial charge in [-0.05, 0) is 57.4 Å². The van der Waals surface area contributed by atoms with Crippen LogP contribution in [0.1, 0.15) is 34.4 Å². The summed E-state index contributed by atoms with van der Waals surface area (Å²) < 4.78 is 85.3. The molecule has 13 heteroatoms. The summed E-state index contributed by atoms with van der Waals surface area (Å²) in [5.74, 6) is 0. The second-order valence-electron chi connectivity index (χ2n) is 7.19. The van der Waals surface area contributed by atoms with Crippen LogP contribution < -0.4 is 5.73 Å². The average Bonchev–Trinajstić information content (AvgIpc) is 3.16. The molecule has 1 saturated heterocycles.